The topological polar surface area (TPSA) is 84.0 Å². The van der Waals surface area contributed by atoms with Crippen molar-refractivity contribution in [2.75, 3.05) is 0 Å². The summed E-state index contributed by atoms with van der Waals surface area (Å²) in [5, 5.41) is 17.5. The normalized spacial score (nSPS) is 7.71. The fourth-order valence-corrected chi connectivity index (χ4v) is 0.753. The number of carbonyl (C=O) groups excluding carboxylic acids is 1. The Morgan fingerprint density at radius 2 is 2.00 bits per heavy atom. The average molecular weight is 192 g/mol. The summed E-state index contributed by atoms with van der Waals surface area (Å²) in [5.41, 5.74) is -0.0417. The molecule has 0 aliphatic rings. The lowest BCUT2D eigenvalue weighted by molar-refractivity contribution is -0.385. The highest BCUT2D eigenvalue weighted by Gasteiger charge is 2.09. The predicted octanol–water partition coefficient (Wildman–Crippen LogP) is 1.94. The Morgan fingerprint density at radius 3 is 2.36 bits per heavy atom. The van der Waals surface area contributed by atoms with Gasteiger partial charge in [-0.05, 0) is 6.07 Å². The van der Waals surface area contributed by atoms with Crippen molar-refractivity contribution in [3.8, 4) is 6.07 Å². The summed E-state index contributed by atoms with van der Waals surface area (Å²) >= 11 is 0. The van der Waals surface area contributed by atoms with Crippen molar-refractivity contribution in [3.63, 3.8) is 0 Å². The van der Waals surface area contributed by atoms with Crippen molar-refractivity contribution < 1.29 is 9.72 Å². The van der Waals surface area contributed by atoms with E-state index >= 15 is 0 Å². The largest absolute Gasteiger partial charge is 0.298 e. The lowest BCUT2D eigenvalue weighted by Crippen LogP contribution is -1.92. The van der Waals surface area contributed by atoms with Gasteiger partial charge in [0.1, 0.15) is 0 Å². The molecule has 0 heterocycles. The Hall–Kier alpha value is -2.22. The second-order valence-corrected chi connectivity index (χ2v) is 2.16. The molecule has 0 saturated heterocycles. The van der Waals surface area contributed by atoms with Gasteiger partial charge in [-0.1, -0.05) is 12.1 Å². The second kappa shape index (κ2) is 6.31. The highest BCUT2D eigenvalue weighted by atomic mass is 16.6. The van der Waals surface area contributed by atoms with Gasteiger partial charge in [0, 0.05) is 13.0 Å². The molecule has 0 atom stereocenters. The minimum absolute atomic E-state index is 0.109. The lowest BCUT2D eigenvalue weighted by Gasteiger charge is -1.91. The highest BCUT2D eigenvalue weighted by Crippen LogP contribution is 2.14. The van der Waals surface area contributed by atoms with Gasteiger partial charge in [-0.25, -0.2) is 0 Å². The Kier molecular flexibility index (Phi) is 5.31. The van der Waals surface area contributed by atoms with Crippen LogP contribution in [0, 0.1) is 21.4 Å². The van der Waals surface area contributed by atoms with E-state index in [4.69, 9.17) is 5.26 Å². The van der Waals surface area contributed by atoms with E-state index in [9.17, 15) is 14.9 Å². The van der Waals surface area contributed by atoms with E-state index < -0.39 is 4.92 Å². The van der Waals surface area contributed by atoms with Crippen LogP contribution in [0.4, 0.5) is 5.69 Å². The number of benzene rings is 1. The smallest absolute Gasteiger partial charge is 0.279 e. The van der Waals surface area contributed by atoms with Crippen LogP contribution >= 0.6 is 0 Å². The maximum Gasteiger partial charge on any atom is 0.279 e. The molecule has 1 aromatic rings. The number of nitrogens with zero attached hydrogens (tertiary/aromatic N) is 2. The summed E-state index contributed by atoms with van der Waals surface area (Å²) in [7, 11) is 0. The van der Waals surface area contributed by atoms with Gasteiger partial charge in [-0.2, -0.15) is 5.26 Å². The number of nitro benzene ring substituents is 1. The molecule has 0 bridgehead atoms. The first kappa shape index (κ1) is 11.8. The number of para-hydroxylation sites is 1. The fourth-order valence-electron chi connectivity index (χ4n) is 0.753. The Bertz CT molecular complexity index is 369. The lowest BCUT2D eigenvalue weighted by atomic mass is 10.2. The first-order valence-electron chi connectivity index (χ1n) is 3.66. The molecule has 72 valence electrons. The minimum Gasteiger partial charge on any atom is -0.298 e. The number of aldehydes is 1. The fraction of sp³-hybridized carbons (Fsp3) is 0.111. The summed E-state index contributed by atoms with van der Waals surface area (Å²) in [6.07, 6.45) is 0.470. The van der Waals surface area contributed by atoms with Gasteiger partial charge in [0.2, 0.25) is 0 Å². The number of carbonyl (C=O) groups is 1. The highest BCUT2D eigenvalue weighted by molar-refractivity contribution is 5.81. The van der Waals surface area contributed by atoms with Gasteiger partial charge in [0.15, 0.2) is 6.29 Å². The molecule has 0 unspecified atom stereocenters. The average Bonchev–Trinajstić information content (AvgIpc) is 2.19. The SMILES string of the molecule is CC#N.O=Cc1ccccc1[N+](=O)[O-]. The third-order valence-electron chi connectivity index (χ3n) is 1.26. The van der Waals surface area contributed by atoms with Crippen molar-refractivity contribution in [1.29, 1.82) is 5.26 Å². The Balaban J connectivity index is 0.000000500. The summed E-state index contributed by atoms with van der Waals surface area (Å²) < 4.78 is 0. The zero-order valence-corrected chi connectivity index (χ0v) is 7.51. The van der Waals surface area contributed by atoms with Crippen LogP contribution in [0.3, 0.4) is 0 Å². The molecule has 1 aromatic carbocycles. The number of rotatable bonds is 2. The van der Waals surface area contributed by atoms with Crippen LogP contribution < -0.4 is 0 Å². The number of nitriles is 1. The van der Waals surface area contributed by atoms with E-state index in [1.165, 1.54) is 25.1 Å². The third kappa shape index (κ3) is 3.45. The molecule has 1 rings (SSSR count). The molecule has 0 aromatic heterocycles. The van der Waals surface area contributed by atoms with Gasteiger partial charge < -0.3 is 0 Å². The van der Waals surface area contributed by atoms with Crippen LogP contribution in [-0.2, 0) is 0 Å². The van der Waals surface area contributed by atoms with Crippen molar-refractivity contribution in [1.82, 2.24) is 0 Å². The first-order chi connectivity index (χ1) is 6.67. The molecule has 0 spiro atoms. The van der Waals surface area contributed by atoms with Crippen LogP contribution in [0.1, 0.15) is 17.3 Å². The number of hydrogen-bond acceptors (Lipinski definition) is 4. The van der Waals surface area contributed by atoms with E-state index in [1.54, 1.807) is 12.1 Å². The van der Waals surface area contributed by atoms with Gasteiger partial charge in [-0.3, -0.25) is 14.9 Å². The molecule has 5 heteroatoms. The van der Waals surface area contributed by atoms with E-state index in [1.807, 2.05) is 0 Å². The van der Waals surface area contributed by atoms with E-state index in [0.29, 0.717) is 6.29 Å². The predicted molar refractivity (Wildman–Crippen MR) is 49.8 cm³/mol. The molecule has 0 fully saturated rings. The van der Waals surface area contributed by atoms with Crippen LogP contribution in [0.2, 0.25) is 0 Å². The molecule has 0 saturated carbocycles. The number of nitro groups is 1. The van der Waals surface area contributed by atoms with Crippen molar-refractivity contribution in [3.05, 3.63) is 39.9 Å². The van der Waals surface area contributed by atoms with Gasteiger partial charge in [0.05, 0.1) is 16.6 Å². The van der Waals surface area contributed by atoms with Gasteiger partial charge in [-0.15, -0.1) is 0 Å². The minimum atomic E-state index is -0.580. The summed E-state index contributed by atoms with van der Waals surface area (Å²) in [6, 6.07) is 7.55. The standard InChI is InChI=1S/C7H5NO3.C2H3N/c9-5-6-3-1-2-4-7(6)8(10)11;1-2-3/h1-5H;1H3. The molecule has 0 N–H and O–H groups in total. The molecule has 5 nitrogen and oxygen atoms in total. The quantitative estimate of drug-likeness (QED) is 0.407. The maximum atomic E-state index is 10.2. The van der Waals surface area contributed by atoms with Gasteiger partial charge in [0.25, 0.3) is 5.69 Å². The third-order valence-corrected chi connectivity index (χ3v) is 1.26. The summed E-state index contributed by atoms with van der Waals surface area (Å²) in [5.74, 6) is 0. The van der Waals surface area contributed by atoms with E-state index in [-0.39, 0.29) is 11.3 Å². The van der Waals surface area contributed by atoms with Crippen LogP contribution in [-0.4, -0.2) is 11.2 Å². The van der Waals surface area contributed by atoms with Crippen molar-refractivity contribution >= 4 is 12.0 Å². The molecule has 0 aliphatic heterocycles. The summed E-state index contributed by atoms with van der Waals surface area (Å²) in [4.78, 5) is 19.9. The molecule has 14 heavy (non-hydrogen) atoms. The zero-order valence-electron chi connectivity index (χ0n) is 7.51. The molecule has 0 amide bonds. The van der Waals surface area contributed by atoms with Crippen molar-refractivity contribution in [2.45, 2.75) is 6.92 Å². The van der Waals surface area contributed by atoms with Crippen LogP contribution in [0.5, 0.6) is 0 Å². The maximum absolute atomic E-state index is 10.2. The van der Waals surface area contributed by atoms with Crippen molar-refractivity contribution in [2.24, 2.45) is 0 Å². The molecular formula is C9H8N2O3. The Morgan fingerprint density at radius 1 is 1.50 bits per heavy atom. The second-order valence-electron chi connectivity index (χ2n) is 2.16. The number of hydrogen-bond donors (Lipinski definition) is 0. The molecule has 0 aliphatic carbocycles. The van der Waals surface area contributed by atoms with Gasteiger partial charge >= 0.3 is 0 Å². The van der Waals surface area contributed by atoms with Crippen LogP contribution in [0.15, 0.2) is 24.3 Å². The van der Waals surface area contributed by atoms with Crippen LogP contribution in [0.25, 0.3) is 0 Å². The van der Waals surface area contributed by atoms with E-state index in [2.05, 4.69) is 0 Å². The molecule has 0 radical (unpaired) electrons. The molecular weight excluding hydrogens is 184 g/mol. The monoisotopic (exact) mass is 192 g/mol. The zero-order chi connectivity index (χ0) is 11.0. The Labute approximate surface area is 80.7 Å². The summed E-state index contributed by atoms with van der Waals surface area (Å²) in [6.45, 7) is 1.43. The van der Waals surface area contributed by atoms with E-state index in [0.717, 1.165) is 0 Å². The first-order valence-corrected chi connectivity index (χ1v) is 3.66.